The van der Waals surface area contributed by atoms with Crippen LogP contribution in [0.1, 0.15) is 25.7 Å². The number of likely N-dealkylation sites (tertiary alicyclic amines) is 1. The van der Waals surface area contributed by atoms with E-state index < -0.39 is 11.4 Å². The molecule has 0 aromatic heterocycles. The summed E-state index contributed by atoms with van der Waals surface area (Å²) >= 11 is 0. The lowest BCUT2D eigenvalue weighted by Gasteiger charge is -2.24. The number of carboxylic acid groups (broad SMARTS) is 1. The molecule has 1 aromatic rings. The van der Waals surface area contributed by atoms with Crippen LogP contribution in [0.15, 0.2) is 24.3 Å². The van der Waals surface area contributed by atoms with Gasteiger partial charge in [0.2, 0.25) is 0 Å². The number of rotatable bonds is 4. The van der Waals surface area contributed by atoms with E-state index in [0.717, 1.165) is 43.8 Å². The van der Waals surface area contributed by atoms with E-state index in [1.165, 1.54) is 0 Å². The molecule has 3 aliphatic rings. The van der Waals surface area contributed by atoms with Crippen LogP contribution in [0.2, 0.25) is 0 Å². The van der Waals surface area contributed by atoms with E-state index >= 15 is 0 Å². The van der Waals surface area contributed by atoms with E-state index in [0.29, 0.717) is 19.5 Å². The highest BCUT2D eigenvalue weighted by molar-refractivity contribution is 5.80. The van der Waals surface area contributed by atoms with Crippen molar-refractivity contribution in [2.45, 2.75) is 31.7 Å². The van der Waals surface area contributed by atoms with Crippen molar-refractivity contribution >= 4 is 17.7 Å². The second-order valence-corrected chi connectivity index (χ2v) is 8.01. The molecule has 2 amide bonds. The molecule has 0 spiro atoms. The molecule has 27 heavy (non-hydrogen) atoms. The Morgan fingerprint density at radius 1 is 1.30 bits per heavy atom. The van der Waals surface area contributed by atoms with Gasteiger partial charge in [0.15, 0.2) is 0 Å². The Balaban J connectivity index is 1.35. The Labute approximate surface area is 159 Å². The number of ether oxygens (including phenoxy) is 1. The number of fused-ring (bicyclic) bond motifs is 1. The molecule has 2 saturated heterocycles. The fourth-order valence-electron chi connectivity index (χ4n) is 4.98. The minimum atomic E-state index is -0.745. The van der Waals surface area contributed by atoms with Crippen LogP contribution in [-0.2, 0) is 4.79 Å². The summed E-state index contributed by atoms with van der Waals surface area (Å²) in [6, 6.07) is 7.89. The smallest absolute Gasteiger partial charge is 0.317 e. The quantitative estimate of drug-likeness (QED) is 0.845. The molecule has 0 radical (unpaired) electrons. The van der Waals surface area contributed by atoms with Gasteiger partial charge >= 0.3 is 12.0 Å². The van der Waals surface area contributed by atoms with Gasteiger partial charge in [-0.05, 0) is 37.3 Å². The molecule has 7 heteroatoms. The highest BCUT2D eigenvalue weighted by atomic mass is 16.5. The SMILES string of the molecule is COc1cccc(N2CCC(NC(=O)N3C[C@@H]4CCC[C@@]4(C(=O)O)C3)C2)c1. The molecule has 3 fully saturated rings. The summed E-state index contributed by atoms with van der Waals surface area (Å²) in [6.07, 6.45) is 3.42. The topological polar surface area (TPSA) is 82.1 Å². The first-order chi connectivity index (χ1) is 13.0. The van der Waals surface area contributed by atoms with E-state index in [1.54, 1.807) is 12.0 Å². The standard InChI is InChI=1S/C20H27N3O4/c1-27-17-6-2-5-16(10-17)22-9-7-15(12-22)21-19(26)23-11-14-4-3-8-20(14,13-23)18(24)25/h2,5-6,10,14-15H,3-4,7-9,11-13H2,1H3,(H,21,26)(H,24,25)/t14-,15?,20+/m0/s1. The Hall–Kier alpha value is -2.44. The Kier molecular flexibility index (Phi) is 4.61. The Bertz CT molecular complexity index is 740. The van der Waals surface area contributed by atoms with Gasteiger partial charge in [0.05, 0.1) is 12.5 Å². The number of nitrogens with zero attached hydrogens (tertiary/aromatic N) is 2. The summed E-state index contributed by atoms with van der Waals surface area (Å²) in [5.74, 6) is 0.172. The monoisotopic (exact) mass is 373 g/mol. The third kappa shape index (κ3) is 3.19. The van der Waals surface area contributed by atoms with E-state index in [9.17, 15) is 14.7 Å². The summed E-state index contributed by atoms with van der Waals surface area (Å²) in [7, 11) is 1.65. The number of carbonyl (C=O) groups is 2. The minimum absolute atomic E-state index is 0.0740. The number of amides is 2. The molecule has 2 N–H and O–H groups in total. The van der Waals surface area contributed by atoms with Gasteiger partial charge in [0.25, 0.3) is 0 Å². The van der Waals surface area contributed by atoms with Crippen molar-refractivity contribution < 1.29 is 19.4 Å². The van der Waals surface area contributed by atoms with Crippen LogP contribution < -0.4 is 15.0 Å². The maximum absolute atomic E-state index is 12.7. The Morgan fingerprint density at radius 2 is 2.15 bits per heavy atom. The van der Waals surface area contributed by atoms with Gasteiger partial charge < -0.3 is 25.0 Å². The molecule has 2 aliphatic heterocycles. The normalized spacial score (nSPS) is 29.7. The van der Waals surface area contributed by atoms with Gasteiger partial charge in [-0.3, -0.25) is 4.79 Å². The number of methoxy groups -OCH3 is 1. The Morgan fingerprint density at radius 3 is 2.89 bits per heavy atom. The zero-order valence-corrected chi connectivity index (χ0v) is 15.7. The summed E-state index contributed by atoms with van der Waals surface area (Å²) in [6.45, 7) is 2.52. The second kappa shape index (κ2) is 6.94. The second-order valence-electron chi connectivity index (χ2n) is 8.01. The molecule has 1 saturated carbocycles. The van der Waals surface area contributed by atoms with Crippen molar-refractivity contribution in [1.82, 2.24) is 10.2 Å². The van der Waals surface area contributed by atoms with Crippen LogP contribution in [-0.4, -0.2) is 61.3 Å². The molecular formula is C20H27N3O4. The van der Waals surface area contributed by atoms with Crippen LogP contribution in [0.4, 0.5) is 10.5 Å². The molecule has 0 bridgehead atoms. The van der Waals surface area contributed by atoms with Gasteiger partial charge in [-0.1, -0.05) is 12.5 Å². The molecule has 4 rings (SSSR count). The summed E-state index contributed by atoms with van der Waals surface area (Å²) in [4.78, 5) is 28.5. The number of hydrogen-bond donors (Lipinski definition) is 2. The third-order valence-electron chi connectivity index (χ3n) is 6.52. The zero-order chi connectivity index (χ0) is 19.0. The van der Waals surface area contributed by atoms with Crippen LogP contribution in [0, 0.1) is 11.3 Å². The number of carboxylic acids is 1. The fraction of sp³-hybridized carbons (Fsp3) is 0.600. The molecule has 1 unspecified atom stereocenters. The molecular weight excluding hydrogens is 346 g/mol. The van der Waals surface area contributed by atoms with Crippen molar-refractivity contribution in [3.8, 4) is 5.75 Å². The van der Waals surface area contributed by atoms with Crippen molar-refractivity contribution in [3.05, 3.63) is 24.3 Å². The average molecular weight is 373 g/mol. The van der Waals surface area contributed by atoms with E-state index in [-0.39, 0.29) is 18.0 Å². The van der Waals surface area contributed by atoms with E-state index in [2.05, 4.69) is 10.2 Å². The number of hydrogen-bond acceptors (Lipinski definition) is 4. The highest BCUT2D eigenvalue weighted by Gasteiger charge is 2.55. The molecule has 1 aromatic carbocycles. The first kappa shape index (κ1) is 17.9. The van der Waals surface area contributed by atoms with Crippen LogP contribution in [0.25, 0.3) is 0 Å². The molecule has 7 nitrogen and oxygen atoms in total. The molecule has 2 heterocycles. The first-order valence-electron chi connectivity index (χ1n) is 9.70. The zero-order valence-electron chi connectivity index (χ0n) is 15.7. The molecule has 146 valence electrons. The van der Waals surface area contributed by atoms with Gasteiger partial charge in [-0.15, -0.1) is 0 Å². The fourth-order valence-corrected chi connectivity index (χ4v) is 4.98. The van der Waals surface area contributed by atoms with Crippen LogP contribution >= 0.6 is 0 Å². The van der Waals surface area contributed by atoms with Crippen molar-refractivity contribution in [1.29, 1.82) is 0 Å². The predicted molar refractivity (Wildman–Crippen MR) is 101 cm³/mol. The number of carbonyl (C=O) groups excluding carboxylic acids is 1. The maximum atomic E-state index is 12.7. The summed E-state index contributed by atoms with van der Waals surface area (Å²) < 4.78 is 5.29. The number of aliphatic carboxylic acids is 1. The van der Waals surface area contributed by atoms with Crippen molar-refractivity contribution in [3.63, 3.8) is 0 Å². The summed E-state index contributed by atoms with van der Waals surface area (Å²) in [5, 5.41) is 12.8. The predicted octanol–water partition coefficient (Wildman–Crippen LogP) is 2.17. The van der Waals surface area contributed by atoms with Crippen molar-refractivity contribution in [2.24, 2.45) is 11.3 Å². The number of benzene rings is 1. The maximum Gasteiger partial charge on any atom is 0.317 e. The van der Waals surface area contributed by atoms with Crippen molar-refractivity contribution in [2.75, 3.05) is 38.2 Å². The van der Waals surface area contributed by atoms with E-state index in [1.807, 2.05) is 24.3 Å². The molecule has 3 atom stereocenters. The average Bonchev–Trinajstić information content (AvgIpc) is 3.35. The summed E-state index contributed by atoms with van der Waals surface area (Å²) in [5.41, 5.74) is 0.367. The van der Waals surface area contributed by atoms with E-state index in [4.69, 9.17) is 4.74 Å². The molecule has 1 aliphatic carbocycles. The lowest BCUT2D eigenvalue weighted by molar-refractivity contribution is -0.149. The van der Waals surface area contributed by atoms with Gasteiger partial charge in [-0.25, -0.2) is 4.79 Å². The lowest BCUT2D eigenvalue weighted by atomic mass is 9.81. The third-order valence-corrected chi connectivity index (χ3v) is 6.52. The first-order valence-corrected chi connectivity index (χ1v) is 9.70. The highest BCUT2D eigenvalue weighted by Crippen LogP contribution is 2.48. The van der Waals surface area contributed by atoms with Gasteiger partial charge in [-0.2, -0.15) is 0 Å². The number of nitrogens with one attached hydrogen (secondary N) is 1. The number of urea groups is 1. The largest absolute Gasteiger partial charge is 0.497 e. The lowest BCUT2D eigenvalue weighted by Crippen LogP contribution is -2.46. The number of anilines is 1. The van der Waals surface area contributed by atoms with Gasteiger partial charge in [0, 0.05) is 44.0 Å². The van der Waals surface area contributed by atoms with Gasteiger partial charge in [0.1, 0.15) is 5.75 Å². The van der Waals surface area contributed by atoms with Crippen LogP contribution in [0.5, 0.6) is 5.75 Å². The minimum Gasteiger partial charge on any atom is -0.497 e. The van der Waals surface area contributed by atoms with Crippen LogP contribution in [0.3, 0.4) is 0 Å².